The zero-order chi connectivity index (χ0) is 13.4. The van der Waals surface area contributed by atoms with Crippen LogP contribution in [0.5, 0.6) is 0 Å². The topological polar surface area (TPSA) is 55.6 Å². The average molecular weight is 256 g/mol. The molecule has 2 N–H and O–H groups in total. The number of carbonyl (C=O) groups is 1. The molecule has 1 aliphatic heterocycles. The lowest BCUT2D eigenvalue weighted by molar-refractivity contribution is -0.135. The Labute approximate surface area is 111 Å². The van der Waals surface area contributed by atoms with Gasteiger partial charge in [-0.1, -0.05) is 19.8 Å². The number of methoxy groups -OCH3 is 1. The first kappa shape index (κ1) is 15.4. The van der Waals surface area contributed by atoms with E-state index in [9.17, 15) is 4.79 Å². The number of rotatable bonds is 6. The molecular weight excluding hydrogens is 228 g/mol. The fourth-order valence-electron chi connectivity index (χ4n) is 2.68. The minimum atomic E-state index is -0.354. The summed E-state index contributed by atoms with van der Waals surface area (Å²) in [6, 6.07) is 0.0424. The van der Waals surface area contributed by atoms with E-state index < -0.39 is 0 Å². The number of hydrogen-bond acceptors (Lipinski definition) is 3. The monoisotopic (exact) mass is 256 g/mol. The molecule has 1 amide bonds. The number of nitrogens with two attached hydrogens (primary N) is 1. The molecule has 1 fully saturated rings. The molecule has 106 valence electrons. The fraction of sp³-hybridized carbons (Fsp3) is 0.929. The van der Waals surface area contributed by atoms with Crippen molar-refractivity contribution in [1.29, 1.82) is 0 Å². The minimum Gasteiger partial charge on any atom is -0.385 e. The van der Waals surface area contributed by atoms with Crippen molar-refractivity contribution in [1.82, 2.24) is 4.90 Å². The van der Waals surface area contributed by atoms with Crippen molar-refractivity contribution in [2.45, 2.75) is 64.0 Å². The van der Waals surface area contributed by atoms with Crippen molar-refractivity contribution in [2.75, 3.05) is 20.3 Å². The van der Waals surface area contributed by atoms with Gasteiger partial charge in [0.1, 0.15) is 0 Å². The number of nitrogens with zero attached hydrogens (tertiary/aromatic N) is 1. The van der Waals surface area contributed by atoms with E-state index in [1.165, 1.54) is 12.8 Å². The largest absolute Gasteiger partial charge is 0.385 e. The van der Waals surface area contributed by atoms with Crippen molar-refractivity contribution in [3.63, 3.8) is 0 Å². The van der Waals surface area contributed by atoms with Crippen molar-refractivity contribution in [3.05, 3.63) is 0 Å². The van der Waals surface area contributed by atoms with Crippen LogP contribution < -0.4 is 5.73 Å². The first-order valence-electron chi connectivity index (χ1n) is 7.25. The van der Waals surface area contributed by atoms with Gasteiger partial charge in [0.05, 0.1) is 6.04 Å². The van der Waals surface area contributed by atoms with Gasteiger partial charge in [-0.15, -0.1) is 0 Å². The van der Waals surface area contributed by atoms with Crippen LogP contribution in [0.15, 0.2) is 0 Å². The number of amides is 1. The van der Waals surface area contributed by atoms with Gasteiger partial charge in [0.15, 0.2) is 0 Å². The highest BCUT2D eigenvalue weighted by molar-refractivity contribution is 5.82. The highest BCUT2D eigenvalue weighted by Crippen LogP contribution is 2.20. The Morgan fingerprint density at radius 3 is 2.89 bits per heavy atom. The quantitative estimate of drug-likeness (QED) is 0.739. The Morgan fingerprint density at radius 1 is 1.44 bits per heavy atom. The highest BCUT2D eigenvalue weighted by atomic mass is 16.5. The predicted octanol–water partition coefficient (Wildman–Crippen LogP) is 1.92. The van der Waals surface area contributed by atoms with Gasteiger partial charge in [0.25, 0.3) is 0 Å². The maximum Gasteiger partial charge on any atom is 0.239 e. The first-order valence-corrected chi connectivity index (χ1v) is 7.25. The normalized spacial score (nSPS) is 22.6. The molecule has 2 unspecified atom stereocenters. The molecule has 0 bridgehead atoms. The molecule has 2 atom stereocenters. The highest BCUT2D eigenvalue weighted by Gasteiger charge is 2.27. The van der Waals surface area contributed by atoms with Crippen LogP contribution in [0, 0.1) is 0 Å². The second-order valence-electron chi connectivity index (χ2n) is 5.18. The summed E-state index contributed by atoms with van der Waals surface area (Å²) in [6.45, 7) is 3.72. The van der Waals surface area contributed by atoms with Crippen LogP contribution in [0.25, 0.3) is 0 Å². The van der Waals surface area contributed by atoms with Crippen LogP contribution in [-0.2, 0) is 9.53 Å². The van der Waals surface area contributed by atoms with Gasteiger partial charge < -0.3 is 15.4 Å². The molecular formula is C14H28N2O2. The molecule has 4 nitrogen and oxygen atoms in total. The van der Waals surface area contributed by atoms with E-state index >= 15 is 0 Å². The summed E-state index contributed by atoms with van der Waals surface area (Å²) in [7, 11) is 1.68. The molecule has 0 aliphatic carbocycles. The van der Waals surface area contributed by atoms with Crippen molar-refractivity contribution < 1.29 is 9.53 Å². The molecule has 0 radical (unpaired) electrons. The second kappa shape index (κ2) is 8.48. The molecule has 0 spiro atoms. The number of likely N-dealkylation sites (tertiary alicyclic amines) is 1. The van der Waals surface area contributed by atoms with Gasteiger partial charge in [0, 0.05) is 26.3 Å². The molecule has 0 aromatic heterocycles. The van der Waals surface area contributed by atoms with E-state index in [0.717, 1.165) is 38.6 Å². The van der Waals surface area contributed by atoms with E-state index in [1.807, 2.05) is 4.90 Å². The maximum absolute atomic E-state index is 12.4. The third-order valence-electron chi connectivity index (χ3n) is 3.81. The average Bonchev–Trinajstić information content (AvgIpc) is 2.62. The Hall–Kier alpha value is -0.610. The SMILES string of the molecule is CCC1CCCCCN1C(=O)C(N)CCCOC. The van der Waals surface area contributed by atoms with E-state index in [2.05, 4.69) is 6.92 Å². The van der Waals surface area contributed by atoms with E-state index in [-0.39, 0.29) is 11.9 Å². The minimum absolute atomic E-state index is 0.139. The summed E-state index contributed by atoms with van der Waals surface area (Å²) >= 11 is 0. The van der Waals surface area contributed by atoms with Crippen LogP contribution in [0.4, 0.5) is 0 Å². The molecule has 18 heavy (non-hydrogen) atoms. The van der Waals surface area contributed by atoms with Gasteiger partial charge in [-0.3, -0.25) is 4.79 Å². The standard InChI is InChI=1S/C14H28N2O2/c1-3-12-8-5-4-6-10-16(12)14(17)13(15)9-7-11-18-2/h12-13H,3-11,15H2,1-2H3. The molecule has 1 aliphatic rings. The Bertz CT molecular complexity index is 246. The van der Waals surface area contributed by atoms with E-state index in [4.69, 9.17) is 10.5 Å². The number of carbonyl (C=O) groups excluding carboxylic acids is 1. The van der Waals surface area contributed by atoms with Crippen LogP contribution in [0.3, 0.4) is 0 Å². The van der Waals surface area contributed by atoms with Gasteiger partial charge in [0.2, 0.25) is 5.91 Å². The number of hydrogen-bond donors (Lipinski definition) is 1. The second-order valence-corrected chi connectivity index (χ2v) is 5.18. The maximum atomic E-state index is 12.4. The van der Waals surface area contributed by atoms with Crippen LogP contribution in [0.1, 0.15) is 51.9 Å². The van der Waals surface area contributed by atoms with Crippen LogP contribution in [-0.4, -0.2) is 43.2 Å². The first-order chi connectivity index (χ1) is 8.70. The van der Waals surface area contributed by atoms with Gasteiger partial charge in [-0.05, 0) is 32.1 Å². The number of ether oxygens (including phenoxy) is 1. The summed E-state index contributed by atoms with van der Waals surface area (Å²) in [5, 5.41) is 0. The lowest BCUT2D eigenvalue weighted by atomic mass is 10.1. The molecule has 1 heterocycles. The predicted molar refractivity (Wildman–Crippen MR) is 73.3 cm³/mol. The van der Waals surface area contributed by atoms with E-state index in [0.29, 0.717) is 12.6 Å². The van der Waals surface area contributed by atoms with Crippen molar-refractivity contribution in [2.24, 2.45) is 5.73 Å². The summed E-state index contributed by atoms with van der Waals surface area (Å²) in [4.78, 5) is 14.4. The van der Waals surface area contributed by atoms with Crippen LogP contribution >= 0.6 is 0 Å². The molecule has 0 saturated carbocycles. The summed E-state index contributed by atoms with van der Waals surface area (Å²) in [5.41, 5.74) is 6.01. The van der Waals surface area contributed by atoms with Gasteiger partial charge in [-0.2, -0.15) is 0 Å². The van der Waals surface area contributed by atoms with Gasteiger partial charge in [-0.25, -0.2) is 0 Å². The Kier molecular flexibility index (Phi) is 7.28. The molecule has 1 rings (SSSR count). The Balaban J connectivity index is 2.50. The fourth-order valence-corrected chi connectivity index (χ4v) is 2.68. The van der Waals surface area contributed by atoms with Gasteiger partial charge >= 0.3 is 0 Å². The lowest BCUT2D eigenvalue weighted by Gasteiger charge is -2.31. The third-order valence-corrected chi connectivity index (χ3v) is 3.81. The van der Waals surface area contributed by atoms with Crippen LogP contribution in [0.2, 0.25) is 0 Å². The van der Waals surface area contributed by atoms with Crippen molar-refractivity contribution >= 4 is 5.91 Å². The molecule has 0 aromatic carbocycles. The zero-order valence-corrected chi connectivity index (χ0v) is 11.9. The van der Waals surface area contributed by atoms with E-state index in [1.54, 1.807) is 7.11 Å². The molecule has 1 saturated heterocycles. The Morgan fingerprint density at radius 2 is 2.22 bits per heavy atom. The molecule has 0 aromatic rings. The summed E-state index contributed by atoms with van der Waals surface area (Å²) < 4.78 is 5.00. The third kappa shape index (κ3) is 4.58. The van der Waals surface area contributed by atoms with Crippen molar-refractivity contribution in [3.8, 4) is 0 Å². The smallest absolute Gasteiger partial charge is 0.239 e. The zero-order valence-electron chi connectivity index (χ0n) is 11.9. The summed E-state index contributed by atoms with van der Waals surface area (Å²) in [5.74, 6) is 0.139. The molecule has 4 heteroatoms. The summed E-state index contributed by atoms with van der Waals surface area (Å²) in [6.07, 6.45) is 7.34. The lowest BCUT2D eigenvalue weighted by Crippen LogP contribution is -2.48.